The zero-order valence-corrected chi connectivity index (χ0v) is 31.9. The van der Waals surface area contributed by atoms with Crippen molar-refractivity contribution in [3.8, 4) is 11.1 Å². The number of aromatic nitrogens is 1. The molecule has 0 unspecified atom stereocenters. The highest BCUT2D eigenvalue weighted by Gasteiger charge is 2.25. The van der Waals surface area contributed by atoms with Gasteiger partial charge in [-0.15, -0.1) is 11.3 Å². The number of amidine groups is 2. The smallest absolute Gasteiger partial charge is 0.169 e. The second-order valence-electron chi connectivity index (χ2n) is 15.2. The van der Waals surface area contributed by atoms with Crippen molar-refractivity contribution in [2.24, 2.45) is 9.98 Å². The summed E-state index contributed by atoms with van der Waals surface area (Å²) in [7, 11) is 0. The van der Waals surface area contributed by atoms with E-state index in [1.165, 1.54) is 59.5 Å². The zero-order chi connectivity index (χ0) is 37.5. The number of aryl methyl sites for hydroxylation is 2. The molecule has 1 N–H and O–H groups in total. The largest absolute Gasteiger partial charge is 0.456 e. The van der Waals surface area contributed by atoms with Crippen LogP contribution in [-0.2, 0) is 12.8 Å². The molecule has 9 aromatic rings. The number of hydrogen-bond acceptors (Lipinski definition) is 5. The van der Waals surface area contributed by atoms with Crippen LogP contribution < -0.4 is 5.32 Å². The molecule has 0 atom stereocenters. The normalized spacial score (nSPS) is 15.4. The first kappa shape index (κ1) is 32.5. The standard InChI is InChI=1S/C51H36N4OS/c1-3-12-31(13-4-1)49-52-50(32-14-5-2-6-15-32)54-51(53-49)34-22-25-39-42-28-33(23-27-45(42)56-46(39)29-34)36-18-11-19-41-40-26-24-35(30-47(40)57-48(36)41)55-43-20-9-7-16-37(43)38-17-8-10-21-44(38)55/h1-7,9-16,18-23,25,27-30,51H,8,17,24,26H2,(H,52,53,54). The van der Waals surface area contributed by atoms with Gasteiger partial charge in [0.2, 0.25) is 0 Å². The number of hydrogen-bond donors (Lipinski definition) is 1. The van der Waals surface area contributed by atoms with Gasteiger partial charge in [0.25, 0.3) is 0 Å². The number of allylic oxidation sites excluding steroid dienone is 2. The van der Waals surface area contributed by atoms with Gasteiger partial charge in [-0.05, 0) is 89.7 Å². The molecule has 3 aliphatic rings. The fraction of sp³-hybridized carbons (Fsp3) is 0.0980. The summed E-state index contributed by atoms with van der Waals surface area (Å²) in [5.74, 6) is 1.60. The number of nitrogens with one attached hydrogen (secondary N) is 1. The van der Waals surface area contributed by atoms with E-state index in [0.29, 0.717) is 0 Å². The van der Waals surface area contributed by atoms with Gasteiger partial charge in [-0.2, -0.15) is 0 Å². The van der Waals surface area contributed by atoms with Crippen molar-refractivity contribution in [2.45, 2.75) is 31.8 Å². The van der Waals surface area contributed by atoms with Crippen molar-refractivity contribution in [1.82, 2.24) is 9.88 Å². The molecule has 0 spiro atoms. The quantitative estimate of drug-likeness (QED) is 0.190. The second-order valence-corrected chi connectivity index (χ2v) is 16.2. The van der Waals surface area contributed by atoms with Crippen molar-refractivity contribution < 1.29 is 4.42 Å². The van der Waals surface area contributed by atoms with Crippen LogP contribution >= 0.6 is 11.3 Å². The molecule has 0 amide bonds. The number of benzene rings is 6. The number of furan rings is 1. The minimum absolute atomic E-state index is 0.417. The van der Waals surface area contributed by atoms with Crippen molar-refractivity contribution >= 4 is 83.8 Å². The lowest BCUT2D eigenvalue weighted by Crippen LogP contribution is -2.35. The summed E-state index contributed by atoms with van der Waals surface area (Å²) in [5.41, 5.74) is 14.2. The molecule has 5 nitrogen and oxygen atoms in total. The Morgan fingerprint density at radius 2 is 1.39 bits per heavy atom. The maximum atomic E-state index is 6.54. The first-order valence-corrected chi connectivity index (χ1v) is 20.6. The Morgan fingerprint density at radius 3 is 2.21 bits per heavy atom. The van der Waals surface area contributed by atoms with E-state index in [1.807, 2.05) is 47.7 Å². The van der Waals surface area contributed by atoms with Crippen LogP contribution in [0.1, 0.15) is 57.4 Å². The minimum atomic E-state index is -0.417. The van der Waals surface area contributed by atoms with Crippen LogP contribution in [0, 0.1) is 0 Å². The van der Waals surface area contributed by atoms with E-state index in [9.17, 15) is 0 Å². The molecule has 0 bridgehead atoms. The van der Waals surface area contributed by atoms with Gasteiger partial charge >= 0.3 is 0 Å². The third kappa shape index (κ3) is 5.28. The van der Waals surface area contributed by atoms with E-state index in [1.54, 1.807) is 0 Å². The lowest BCUT2D eigenvalue weighted by Gasteiger charge is -2.22. The average Bonchev–Trinajstić information content (AvgIpc) is 3.95. The highest BCUT2D eigenvalue weighted by Crippen LogP contribution is 2.45. The van der Waals surface area contributed by atoms with Gasteiger partial charge in [0.1, 0.15) is 22.8 Å². The minimum Gasteiger partial charge on any atom is -0.456 e. The predicted octanol–water partition coefficient (Wildman–Crippen LogP) is 12.8. The summed E-state index contributed by atoms with van der Waals surface area (Å²) in [4.78, 5) is 11.6. The van der Waals surface area contributed by atoms with E-state index >= 15 is 0 Å². The Labute approximate surface area is 333 Å². The van der Waals surface area contributed by atoms with Gasteiger partial charge < -0.3 is 14.3 Å². The highest BCUT2D eigenvalue weighted by molar-refractivity contribution is 7.20. The van der Waals surface area contributed by atoms with Crippen LogP contribution in [0.25, 0.3) is 71.9 Å². The molecule has 3 aromatic heterocycles. The maximum absolute atomic E-state index is 6.54. The molecule has 4 heterocycles. The predicted molar refractivity (Wildman–Crippen MR) is 238 cm³/mol. The van der Waals surface area contributed by atoms with Gasteiger partial charge in [-0.1, -0.05) is 121 Å². The van der Waals surface area contributed by atoms with Crippen LogP contribution in [0.4, 0.5) is 0 Å². The first-order valence-electron chi connectivity index (χ1n) is 19.8. The SMILES string of the molecule is C1=Cc2c(c3ccccc3n2C2=Cc3sc4c(-c5ccc6oc7cc(C8N=C(c9ccccc9)NC(c9ccccc9)=N8)ccc7c6c5)cccc4c3CC2)CC1. The number of nitrogens with zero attached hydrogens (tertiary/aromatic N) is 3. The summed E-state index contributed by atoms with van der Waals surface area (Å²) in [5, 5.41) is 8.45. The number of fused-ring (bicyclic) bond motifs is 9. The number of para-hydroxylation sites is 1. The average molecular weight is 753 g/mol. The third-order valence-electron chi connectivity index (χ3n) is 11.9. The molecule has 12 rings (SSSR count). The van der Waals surface area contributed by atoms with Crippen molar-refractivity contribution in [2.75, 3.05) is 0 Å². The molecule has 6 heteroatoms. The summed E-state index contributed by atoms with van der Waals surface area (Å²) in [6, 6.07) is 49.3. The molecule has 0 saturated carbocycles. The Balaban J connectivity index is 0.925. The number of rotatable bonds is 5. The van der Waals surface area contributed by atoms with Gasteiger partial charge in [0, 0.05) is 53.8 Å². The van der Waals surface area contributed by atoms with Crippen molar-refractivity contribution in [1.29, 1.82) is 0 Å². The van der Waals surface area contributed by atoms with E-state index < -0.39 is 6.17 Å². The molecule has 0 saturated heterocycles. The lowest BCUT2D eigenvalue weighted by atomic mass is 9.95. The molecule has 0 fully saturated rings. The maximum Gasteiger partial charge on any atom is 0.169 e. The molecular weight excluding hydrogens is 717 g/mol. The van der Waals surface area contributed by atoms with Gasteiger partial charge in [-0.25, -0.2) is 9.98 Å². The van der Waals surface area contributed by atoms with E-state index in [0.717, 1.165) is 76.0 Å². The third-order valence-corrected chi connectivity index (χ3v) is 13.1. The summed E-state index contributed by atoms with van der Waals surface area (Å²) >= 11 is 1.93. The van der Waals surface area contributed by atoms with Crippen molar-refractivity contribution in [3.05, 3.63) is 184 Å². The first-order chi connectivity index (χ1) is 28.2. The summed E-state index contributed by atoms with van der Waals surface area (Å²) in [6.45, 7) is 0. The highest BCUT2D eigenvalue weighted by atomic mass is 32.1. The Morgan fingerprint density at radius 1 is 0.614 bits per heavy atom. The van der Waals surface area contributed by atoms with Crippen LogP contribution in [0.2, 0.25) is 0 Å². The van der Waals surface area contributed by atoms with E-state index in [2.05, 4.69) is 131 Å². The van der Waals surface area contributed by atoms with Gasteiger partial charge in [-0.3, -0.25) is 0 Å². The van der Waals surface area contributed by atoms with Gasteiger partial charge in [0.15, 0.2) is 6.17 Å². The van der Waals surface area contributed by atoms with Crippen molar-refractivity contribution in [3.63, 3.8) is 0 Å². The van der Waals surface area contributed by atoms with E-state index in [-0.39, 0.29) is 0 Å². The van der Waals surface area contributed by atoms with E-state index in [4.69, 9.17) is 14.4 Å². The molecular formula is C51H36N4OS. The lowest BCUT2D eigenvalue weighted by molar-refractivity contribution is 0.665. The molecule has 272 valence electrons. The van der Waals surface area contributed by atoms with Gasteiger partial charge in [0.05, 0.1) is 5.52 Å². The molecule has 6 aromatic carbocycles. The fourth-order valence-electron chi connectivity index (χ4n) is 9.15. The summed E-state index contributed by atoms with van der Waals surface area (Å²) in [6.07, 6.45) is 11.0. The number of aliphatic imine (C=N–C) groups is 2. The number of thiophene rings is 1. The van der Waals surface area contributed by atoms with Crippen LogP contribution in [-0.4, -0.2) is 16.2 Å². The molecule has 1 aliphatic heterocycles. The fourth-order valence-corrected chi connectivity index (χ4v) is 10.5. The zero-order valence-electron chi connectivity index (χ0n) is 31.1. The Hall–Kier alpha value is -6.76. The van der Waals surface area contributed by atoms with Crippen LogP contribution in [0.5, 0.6) is 0 Å². The Bertz CT molecular complexity index is 3160. The Kier molecular flexibility index (Phi) is 7.35. The molecule has 57 heavy (non-hydrogen) atoms. The molecule has 2 aliphatic carbocycles. The second kappa shape index (κ2) is 12.9. The van der Waals surface area contributed by atoms with Crippen LogP contribution in [0.15, 0.2) is 160 Å². The summed E-state index contributed by atoms with van der Waals surface area (Å²) < 4.78 is 10.4. The van der Waals surface area contributed by atoms with Crippen LogP contribution in [0.3, 0.4) is 0 Å². The molecule has 0 radical (unpaired) electrons. The topological polar surface area (TPSA) is 54.8 Å². The monoisotopic (exact) mass is 752 g/mol.